The molecule has 0 aliphatic carbocycles. The molecule has 1 atom stereocenters. The molecule has 0 spiro atoms. The number of hydrogen-bond donors (Lipinski definition) is 2. The van der Waals surface area contributed by atoms with Crippen molar-refractivity contribution in [3.05, 3.63) is 0 Å². The minimum Gasteiger partial charge on any atom is -0.378 e. The van der Waals surface area contributed by atoms with E-state index in [1.807, 2.05) is 0 Å². The van der Waals surface area contributed by atoms with E-state index in [9.17, 15) is 9.59 Å². The van der Waals surface area contributed by atoms with Gasteiger partial charge < -0.3 is 20.1 Å². The Morgan fingerprint density at radius 1 is 1.47 bits per heavy atom. The van der Waals surface area contributed by atoms with E-state index in [0.29, 0.717) is 19.6 Å². The van der Waals surface area contributed by atoms with E-state index in [1.54, 1.807) is 6.07 Å². The first-order valence-electron chi connectivity index (χ1n) is 5.19. The highest BCUT2D eigenvalue weighted by Gasteiger charge is 2.35. The van der Waals surface area contributed by atoms with Gasteiger partial charge in [0, 0.05) is 26.7 Å². The Morgan fingerprint density at radius 2 is 2.18 bits per heavy atom. The van der Waals surface area contributed by atoms with Crippen LogP contribution in [0.2, 0.25) is 0 Å². The predicted molar refractivity (Wildman–Crippen MR) is 56.8 cm³/mol. The van der Waals surface area contributed by atoms with E-state index in [2.05, 4.69) is 10.6 Å². The van der Waals surface area contributed by atoms with Gasteiger partial charge in [0.2, 0.25) is 0 Å². The second-order valence-corrected chi connectivity index (χ2v) is 3.71. The van der Waals surface area contributed by atoms with Gasteiger partial charge in [0.15, 0.2) is 0 Å². The third-order valence-electron chi connectivity index (χ3n) is 2.61. The smallest absolute Gasteiger partial charge is 0.310 e. The zero-order valence-corrected chi connectivity index (χ0v) is 9.62. The van der Waals surface area contributed by atoms with Crippen LogP contribution in [0.4, 0.5) is 0 Å². The molecule has 0 radical (unpaired) electrons. The summed E-state index contributed by atoms with van der Waals surface area (Å²) in [7, 11) is 1.54. The average Bonchev–Trinajstić information content (AvgIpc) is 2.82. The lowest BCUT2D eigenvalue weighted by Crippen LogP contribution is -2.49. The zero-order chi connectivity index (χ0) is 12.7. The van der Waals surface area contributed by atoms with Crippen molar-refractivity contribution >= 4 is 11.8 Å². The van der Waals surface area contributed by atoms with Crippen LogP contribution in [0, 0.1) is 11.3 Å². The van der Waals surface area contributed by atoms with Gasteiger partial charge in [0.25, 0.3) is 0 Å². The fourth-order valence-electron chi connectivity index (χ4n) is 1.48. The van der Waals surface area contributed by atoms with Crippen molar-refractivity contribution in [2.24, 2.45) is 0 Å². The Labute approximate surface area is 99.1 Å². The molecule has 1 heterocycles. The predicted octanol–water partition coefficient (Wildman–Crippen LogP) is -1.45. The SMILES string of the molecule is COC1(CNC(=O)C(=O)NCC#N)CCOC1. The first kappa shape index (κ1) is 13.4. The van der Waals surface area contributed by atoms with Gasteiger partial charge in [-0.15, -0.1) is 0 Å². The Morgan fingerprint density at radius 3 is 2.71 bits per heavy atom. The summed E-state index contributed by atoms with van der Waals surface area (Å²) in [6.07, 6.45) is 0.670. The molecule has 1 fully saturated rings. The first-order chi connectivity index (χ1) is 8.13. The molecule has 1 saturated heterocycles. The molecular formula is C10H15N3O4. The van der Waals surface area contributed by atoms with Gasteiger partial charge in [0.1, 0.15) is 12.1 Å². The molecule has 1 aliphatic heterocycles. The quantitative estimate of drug-likeness (QED) is 0.463. The summed E-state index contributed by atoms with van der Waals surface area (Å²) in [5.74, 6) is -1.60. The highest BCUT2D eigenvalue weighted by Crippen LogP contribution is 2.21. The second-order valence-electron chi connectivity index (χ2n) is 3.71. The summed E-state index contributed by atoms with van der Waals surface area (Å²) < 4.78 is 10.5. The third kappa shape index (κ3) is 3.69. The number of carbonyl (C=O) groups excluding carboxylic acids is 2. The maximum atomic E-state index is 11.3. The summed E-state index contributed by atoms with van der Waals surface area (Å²) in [6.45, 7) is 0.987. The number of nitrogens with zero attached hydrogens (tertiary/aromatic N) is 1. The molecular weight excluding hydrogens is 226 g/mol. The fourth-order valence-corrected chi connectivity index (χ4v) is 1.48. The highest BCUT2D eigenvalue weighted by molar-refractivity contribution is 6.35. The minimum atomic E-state index is -0.822. The largest absolute Gasteiger partial charge is 0.378 e. The Kier molecular flexibility index (Phi) is 4.87. The van der Waals surface area contributed by atoms with Gasteiger partial charge in [-0.25, -0.2) is 0 Å². The van der Waals surface area contributed by atoms with Crippen LogP contribution in [-0.2, 0) is 19.1 Å². The lowest BCUT2D eigenvalue weighted by atomic mass is 10.0. The Balaban J connectivity index is 2.37. The summed E-state index contributed by atoms with van der Waals surface area (Å²) in [5, 5.41) is 12.9. The normalized spacial score (nSPS) is 22.8. The van der Waals surface area contributed by atoms with Gasteiger partial charge in [0.05, 0.1) is 12.7 Å². The Hall–Kier alpha value is -1.65. The molecule has 2 amide bonds. The number of rotatable bonds is 4. The van der Waals surface area contributed by atoms with Gasteiger partial charge in [-0.05, 0) is 0 Å². The molecule has 1 unspecified atom stereocenters. The molecule has 1 rings (SSSR count). The number of ether oxygens (including phenoxy) is 2. The maximum absolute atomic E-state index is 11.3. The standard InChI is InChI=1S/C10H15N3O4/c1-16-10(2-5-17-7-10)6-13-9(15)8(14)12-4-3-11/h2,4-7H2,1H3,(H,12,14)(H,13,15). The van der Waals surface area contributed by atoms with Gasteiger partial charge in [-0.1, -0.05) is 0 Å². The van der Waals surface area contributed by atoms with Crippen LogP contribution in [-0.4, -0.2) is 50.8 Å². The molecule has 2 N–H and O–H groups in total. The topological polar surface area (TPSA) is 100 Å². The van der Waals surface area contributed by atoms with Crippen LogP contribution in [0.1, 0.15) is 6.42 Å². The summed E-state index contributed by atoms with van der Waals surface area (Å²) in [5.41, 5.74) is -0.550. The van der Waals surface area contributed by atoms with Gasteiger partial charge in [-0.3, -0.25) is 9.59 Å². The molecule has 7 heteroatoms. The van der Waals surface area contributed by atoms with Crippen molar-refractivity contribution in [3.8, 4) is 6.07 Å². The van der Waals surface area contributed by atoms with Crippen molar-refractivity contribution in [2.45, 2.75) is 12.0 Å². The number of hydrogen-bond acceptors (Lipinski definition) is 5. The summed E-state index contributed by atoms with van der Waals surface area (Å²) in [6, 6.07) is 1.71. The van der Waals surface area contributed by atoms with Crippen molar-refractivity contribution in [3.63, 3.8) is 0 Å². The van der Waals surface area contributed by atoms with E-state index < -0.39 is 17.4 Å². The summed E-state index contributed by atoms with van der Waals surface area (Å²) in [4.78, 5) is 22.5. The van der Waals surface area contributed by atoms with Crippen LogP contribution in [0.15, 0.2) is 0 Å². The molecule has 0 aromatic rings. The summed E-state index contributed by atoms with van der Waals surface area (Å²) >= 11 is 0. The van der Waals surface area contributed by atoms with Crippen LogP contribution in [0.3, 0.4) is 0 Å². The first-order valence-corrected chi connectivity index (χ1v) is 5.19. The van der Waals surface area contributed by atoms with E-state index in [1.165, 1.54) is 7.11 Å². The molecule has 7 nitrogen and oxygen atoms in total. The van der Waals surface area contributed by atoms with E-state index in [0.717, 1.165) is 0 Å². The van der Waals surface area contributed by atoms with Gasteiger partial charge >= 0.3 is 11.8 Å². The maximum Gasteiger partial charge on any atom is 0.310 e. The monoisotopic (exact) mass is 241 g/mol. The number of nitrogens with one attached hydrogen (secondary N) is 2. The minimum absolute atomic E-state index is 0.190. The number of nitriles is 1. The van der Waals surface area contributed by atoms with Crippen LogP contribution in [0.5, 0.6) is 0 Å². The van der Waals surface area contributed by atoms with Crippen LogP contribution < -0.4 is 10.6 Å². The lowest BCUT2D eigenvalue weighted by molar-refractivity contribution is -0.139. The van der Waals surface area contributed by atoms with Crippen molar-refractivity contribution in [1.82, 2.24) is 10.6 Å². The average molecular weight is 241 g/mol. The van der Waals surface area contributed by atoms with Gasteiger partial charge in [-0.2, -0.15) is 5.26 Å². The second kappa shape index (κ2) is 6.18. The number of carbonyl (C=O) groups is 2. The lowest BCUT2D eigenvalue weighted by Gasteiger charge is -2.25. The van der Waals surface area contributed by atoms with Crippen LogP contribution in [0.25, 0.3) is 0 Å². The molecule has 94 valence electrons. The highest BCUT2D eigenvalue weighted by atomic mass is 16.5. The van der Waals surface area contributed by atoms with Crippen molar-refractivity contribution in [1.29, 1.82) is 5.26 Å². The molecule has 1 aliphatic rings. The molecule has 0 bridgehead atoms. The number of amides is 2. The van der Waals surface area contributed by atoms with Crippen molar-refractivity contribution in [2.75, 3.05) is 33.4 Å². The van der Waals surface area contributed by atoms with E-state index in [-0.39, 0.29) is 13.1 Å². The zero-order valence-electron chi connectivity index (χ0n) is 9.62. The molecule has 0 aromatic heterocycles. The van der Waals surface area contributed by atoms with E-state index >= 15 is 0 Å². The van der Waals surface area contributed by atoms with Crippen LogP contribution >= 0.6 is 0 Å². The molecule has 0 saturated carbocycles. The molecule has 0 aromatic carbocycles. The fraction of sp³-hybridized carbons (Fsp3) is 0.700. The Bertz CT molecular complexity index is 331. The molecule has 17 heavy (non-hydrogen) atoms. The number of methoxy groups -OCH3 is 1. The third-order valence-corrected chi connectivity index (χ3v) is 2.61. The van der Waals surface area contributed by atoms with Crippen molar-refractivity contribution < 1.29 is 19.1 Å². The van der Waals surface area contributed by atoms with E-state index in [4.69, 9.17) is 14.7 Å².